The van der Waals surface area contributed by atoms with Gasteiger partial charge in [-0.05, 0) is 117 Å². The quantitative estimate of drug-likeness (QED) is 0.0708. The number of allylic oxidation sites excluding steroid dienone is 2. The van der Waals surface area contributed by atoms with Crippen molar-refractivity contribution in [2.45, 2.75) is 124 Å². The summed E-state index contributed by atoms with van der Waals surface area (Å²) in [6.45, 7) is 17.9. The van der Waals surface area contributed by atoms with Gasteiger partial charge >= 0.3 is 0 Å². The van der Waals surface area contributed by atoms with E-state index in [1.165, 1.54) is 74.0 Å². The second-order valence-corrected chi connectivity index (χ2v) is 21.8. The van der Waals surface area contributed by atoms with Gasteiger partial charge in [-0.25, -0.2) is 0 Å². The van der Waals surface area contributed by atoms with E-state index in [1.54, 1.807) is 0 Å². The van der Waals surface area contributed by atoms with Crippen molar-refractivity contribution in [3.8, 4) is 0 Å². The molecule has 6 unspecified atom stereocenters. The van der Waals surface area contributed by atoms with Gasteiger partial charge < -0.3 is 0 Å². The summed E-state index contributed by atoms with van der Waals surface area (Å²) in [5.74, 6) is 3.44. The number of hydrogen-bond acceptors (Lipinski definition) is 0. The van der Waals surface area contributed by atoms with Crippen LogP contribution in [0.3, 0.4) is 0 Å². The molecule has 0 aromatic heterocycles. The number of benzene rings is 10. The molecule has 10 aromatic carbocycles. The molecular weight excluding hydrogens is 1300 g/mol. The maximum atomic E-state index is 4.19. The van der Waals surface area contributed by atoms with Crippen molar-refractivity contribution in [3.05, 3.63) is 378 Å². The zero-order chi connectivity index (χ0) is 57.8. The molecule has 10 rings (SSSR count). The molecule has 0 spiro atoms. The second-order valence-electron chi connectivity index (χ2n) is 21.8. The van der Waals surface area contributed by atoms with Crippen molar-refractivity contribution in [2.75, 3.05) is 0 Å². The van der Waals surface area contributed by atoms with Crippen molar-refractivity contribution < 1.29 is 83.9 Å². The Hall–Kier alpha value is -5.92. The van der Waals surface area contributed by atoms with Crippen LogP contribution in [0.1, 0.15) is 173 Å². The van der Waals surface area contributed by atoms with Crippen molar-refractivity contribution in [1.29, 1.82) is 0 Å². The van der Waals surface area contributed by atoms with Crippen molar-refractivity contribution in [1.82, 2.24) is 0 Å². The van der Waals surface area contributed by atoms with E-state index in [0.29, 0.717) is 35.5 Å². The molecule has 0 heterocycles. The third-order valence-corrected chi connectivity index (χ3v) is 15.2. The molecule has 0 N–H and O–H groups in total. The van der Waals surface area contributed by atoms with Crippen LogP contribution in [0.25, 0.3) is 11.6 Å². The van der Waals surface area contributed by atoms with E-state index < -0.39 is 0 Å². The van der Waals surface area contributed by atoms with Gasteiger partial charge in [-0.15, -0.1) is 12.1 Å². The smallest absolute Gasteiger partial charge is 0 e. The summed E-state index contributed by atoms with van der Waals surface area (Å²) >= 11 is 0. The molecule has 0 saturated heterocycles. The largest absolute Gasteiger partial charge is 0.192 e. The van der Waals surface area contributed by atoms with Gasteiger partial charge in [0, 0.05) is 83.9 Å². The van der Waals surface area contributed by atoms with Crippen molar-refractivity contribution in [2.24, 2.45) is 0 Å². The van der Waals surface area contributed by atoms with Crippen LogP contribution in [0.5, 0.6) is 0 Å². The molecule has 5 radical (unpaired) electrons. The van der Waals surface area contributed by atoms with E-state index in [9.17, 15) is 0 Å². The van der Waals surface area contributed by atoms with E-state index in [2.05, 4.69) is 358 Å². The van der Waals surface area contributed by atoms with Gasteiger partial charge in [0.25, 0.3) is 0 Å². The molecule has 5 heteroatoms. The third-order valence-electron chi connectivity index (χ3n) is 15.2. The molecule has 0 saturated carbocycles. The standard InChI is InChI=1S/C17H20.C17H18.C16H18.C16H17.C16H16.2CH4.5Co/c2*1-14(16-9-5-3-6-10-16)13-15(2)17-11-7-4-8-12-17;3*1-14(16-10-6-3-7-11-16)12-13-15-8-4-2-5-9-15;;;;;;;/h3-12,14-15H,13H2,1-2H3;3-12,15H,1,13H2,2H3;2-11,14H,12-13H2,1H3;2-11,13-14H,12H2,1H3;2-14H,1H3;2*1H4;;;;;/q;;;-1;;;;;;;;. The summed E-state index contributed by atoms with van der Waals surface area (Å²) in [5.41, 5.74) is 14.9. The summed E-state index contributed by atoms with van der Waals surface area (Å²) in [6, 6.07) is 106. The number of aryl methyl sites for hydroxylation is 1. The Kier molecular flexibility index (Phi) is 48.6. The molecule has 0 aliphatic carbocycles. The van der Waals surface area contributed by atoms with E-state index in [0.717, 1.165) is 19.3 Å². The van der Waals surface area contributed by atoms with Crippen LogP contribution in [-0.4, -0.2) is 0 Å². The molecule has 0 fully saturated rings. The van der Waals surface area contributed by atoms with Crippen LogP contribution in [0.4, 0.5) is 0 Å². The summed E-state index contributed by atoms with van der Waals surface area (Å²) < 4.78 is 0. The number of rotatable bonds is 19. The molecule has 0 amide bonds. The first-order valence-corrected chi connectivity index (χ1v) is 29.8. The van der Waals surface area contributed by atoms with Crippen LogP contribution in [-0.2, 0) is 90.3 Å². The molecule has 0 aliphatic heterocycles. The average Bonchev–Trinajstić information content (AvgIpc) is 3.59. The Bertz CT molecular complexity index is 3080. The third kappa shape index (κ3) is 33.6. The maximum absolute atomic E-state index is 4.19. The van der Waals surface area contributed by atoms with Crippen molar-refractivity contribution in [3.63, 3.8) is 0 Å². The van der Waals surface area contributed by atoms with E-state index in [4.69, 9.17) is 0 Å². The molecule has 89 heavy (non-hydrogen) atoms. The van der Waals surface area contributed by atoms with Crippen molar-refractivity contribution >= 4 is 11.6 Å². The minimum absolute atomic E-state index is 0. The van der Waals surface area contributed by atoms with Crippen LogP contribution in [0.2, 0.25) is 0 Å². The Morgan fingerprint density at radius 1 is 0.348 bits per heavy atom. The maximum Gasteiger partial charge on any atom is 0 e. The predicted molar refractivity (Wildman–Crippen MR) is 372 cm³/mol. The van der Waals surface area contributed by atoms with Gasteiger partial charge in [-0.2, -0.15) is 24.1 Å². The van der Waals surface area contributed by atoms with E-state index >= 15 is 0 Å². The Labute approximate surface area is 592 Å². The molecule has 479 valence electrons. The second kappa shape index (κ2) is 50.8. The first-order valence-electron chi connectivity index (χ1n) is 29.8. The fourth-order valence-corrected chi connectivity index (χ4v) is 9.91. The topological polar surface area (TPSA) is 0 Å². The molecule has 0 bridgehead atoms. The van der Waals surface area contributed by atoms with Crippen LogP contribution in [0, 0.1) is 6.42 Å². The molecule has 0 nitrogen and oxygen atoms in total. The zero-order valence-electron chi connectivity index (χ0n) is 51.5. The van der Waals surface area contributed by atoms with Crippen LogP contribution < -0.4 is 0 Å². The Morgan fingerprint density at radius 3 is 1.04 bits per heavy atom. The zero-order valence-corrected chi connectivity index (χ0v) is 56.7. The van der Waals surface area contributed by atoms with Gasteiger partial charge in [-0.3, -0.25) is 0 Å². The summed E-state index contributed by atoms with van der Waals surface area (Å²) in [6.07, 6.45) is 12.4. The monoisotopic (exact) mass is 1400 g/mol. The number of hydrogen-bond donors (Lipinski definition) is 0. The SMILES string of the molecule is C.C.C=C(CC(C)c1ccccc1)c1ccccc1.CC(C=Cc1ccccc1)c1ccccc1.CC(CC(C)c1ccccc1)c1ccccc1.CC(CCc1ccccc1)c1ccccc1.CC(C[CH-]c1ccccc1)c1ccccc1.[Co].[Co].[Co].[Co].[Co]. The van der Waals surface area contributed by atoms with Gasteiger partial charge in [0.15, 0.2) is 0 Å². The van der Waals surface area contributed by atoms with E-state index in [1.807, 2.05) is 12.1 Å². The molecular formula is C84H97Co5-. The minimum Gasteiger partial charge on any atom is -0.192 e. The van der Waals surface area contributed by atoms with Gasteiger partial charge in [0.1, 0.15) is 0 Å². The van der Waals surface area contributed by atoms with Gasteiger partial charge in [0.2, 0.25) is 0 Å². The molecule has 0 aliphatic rings. The molecule has 6 atom stereocenters. The average molecular weight is 1400 g/mol. The summed E-state index contributed by atoms with van der Waals surface area (Å²) in [7, 11) is 0. The fraction of sp³-hybridized carbons (Fsp3) is 0.226. The first kappa shape index (κ1) is 85.1. The minimum atomic E-state index is 0. The predicted octanol–water partition coefficient (Wildman–Crippen LogP) is 24.5. The van der Waals surface area contributed by atoms with Gasteiger partial charge in [-0.1, -0.05) is 361 Å². The normalized spacial score (nSPS) is 11.7. The molecule has 10 aromatic rings. The first-order chi connectivity index (χ1) is 40.1. The van der Waals surface area contributed by atoms with Crippen LogP contribution >= 0.6 is 0 Å². The summed E-state index contributed by atoms with van der Waals surface area (Å²) in [5, 5.41) is 0. The Balaban J connectivity index is 0. The fourth-order valence-electron chi connectivity index (χ4n) is 9.91. The van der Waals surface area contributed by atoms with Crippen LogP contribution in [0.15, 0.2) is 316 Å². The van der Waals surface area contributed by atoms with E-state index in [-0.39, 0.29) is 98.7 Å². The van der Waals surface area contributed by atoms with Gasteiger partial charge in [0.05, 0.1) is 0 Å². The Morgan fingerprint density at radius 2 is 0.652 bits per heavy atom. The summed E-state index contributed by atoms with van der Waals surface area (Å²) in [4.78, 5) is 0.